The van der Waals surface area contributed by atoms with Crippen LogP contribution in [0.5, 0.6) is 0 Å². The second-order valence-electron chi connectivity index (χ2n) is 7.30. The second kappa shape index (κ2) is 7.02. The summed E-state index contributed by atoms with van der Waals surface area (Å²) in [5.41, 5.74) is 1.74. The number of hydrogen-bond donors (Lipinski definition) is 0. The van der Waals surface area contributed by atoms with Crippen molar-refractivity contribution in [2.75, 3.05) is 26.2 Å². The highest BCUT2D eigenvalue weighted by atomic mass is 16.2. The molecule has 1 atom stereocenters. The summed E-state index contributed by atoms with van der Waals surface area (Å²) in [5, 5.41) is 4.49. The monoisotopic (exact) mass is 342 g/mol. The van der Waals surface area contributed by atoms with Gasteiger partial charge in [-0.2, -0.15) is 5.10 Å². The van der Waals surface area contributed by atoms with Crippen molar-refractivity contribution in [1.29, 1.82) is 0 Å². The van der Waals surface area contributed by atoms with Gasteiger partial charge in [-0.3, -0.25) is 14.3 Å². The predicted molar refractivity (Wildman–Crippen MR) is 94.1 cm³/mol. The molecular formula is C19H26N4O2. The summed E-state index contributed by atoms with van der Waals surface area (Å²) in [4.78, 5) is 29.1. The number of carbonyl (C=O) groups is 2. The van der Waals surface area contributed by atoms with Gasteiger partial charge in [0.05, 0.1) is 0 Å². The van der Waals surface area contributed by atoms with Gasteiger partial charge in [-0.1, -0.05) is 12.2 Å². The lowest BCUT2D eigenvalue weighted by atomic mass is 9.93. The number of allylic oxidation sites excluding steroid dienone is 2. The van der Waals surface area contributed by atoms with E-state index < -0.39 is 0 Å². The molecule has 1 aromatic heterocycles. The molecular weight excluding hydrogens is 316 g/mol. The predicted octanol–water partition coefficient (Wildman–Crippen LogP) is 1.86. The fourth-order valence-corrected chi connectivity index (χ4v) is 4.09. The average Bonchev–Trinajstić information content (AvgIpc) is 3.12. The summed E-state index contributed by atoms with van der Waals surface area (Å²) in [7, 11) is 0. The standard InChI is InChI=1S/C19H26N4O2/c24-18(15-6-2-1-3-7-15)21-10-12-22(13-11-21)19(25)17-14-16-8-4-5-9-23(16)20-17/h1-2,14-15H,3-13H2/t15-/m0/s1. The number of carbonyl (C=O) groups excluding carboxylic acids is 2. The van der Waals surface area contributed by atoms with Crippen LogP contribution >= 0.6 is 0 Å². The molecule has 4 rings (SSSR count). The van der Waals surface area contributed by atoms with Gasteiger partial charge in [-0.05, 0) is 44.6 Å². The Morgan fingerprint density at radius 2 is 1.80 bits per heavy atom. The minimum absolute atomic E-state index is 0.00889. The van der Waals surface area contributed by atoms with Gasteiger partial charge >= 0.3 is 0 Å². The van der Waals surface area contributed by atoms with E-state index in [-0.39, 0.29) is 17.7 Å². The smallest absolute Gasteiger partial charge is 0.274 e. The van der Waals surface area contributed by atoms with Crippen LogP contribution in [0.3, 0.4) is 0 Å². The van der Waals surface area contributed by atoms with Crippen molar-refractivity contribution in [3.05, 3.63) is 29.6 Å². The Bertz CT molecular complexity index is 662. The molecule has 0 aromatic carbocycles. The van der Waals surface area contributed by atoms with E-state index in [1.807, 2.05) is 20.5 Å². The Labute approximate surface area is 148 Å². The molecule has 6 heteroatoms. The minimum atomic E-state index is 0.00889. The van der Waals surface area contributed by atoms with Crippen LogP contribution in [0.4, 0.5) is 0 Å². The van der Waals surface area contributed by atoms with Crippen LogP contribution in [0.1, 0.15) is 48.3 Å². The highest BCUT2D eigenvalue weighted by Crippen LogP contribution is 2.22. The third kappa shape index (κ3) is 3.34. The summed E-state index contributed by atoms with van der Waals surface area (Å²) in [6.07, 6.45) is 10.4. The first-order valence-corrected chi connectivity index (χ1v) is 9.52. The zero-order valence-corrected chi connectivity index (χ0v) is 14.7. The molecule has 0 spiro atoms. The van der Waals surface area contributed by atoms with Crippen LogP contribution in [0.2, 0.25) is 0 Å². The van der Waals surface area contributed by atoms with Gasteiger partial charge in [-0.25, -0.2) is 0 Å². The van der Waals surface area contributed by atoms with Crippen molar-refractivity contribution in [2.45, 2.75) is 45.1 Å². The number of hydrogen-bond acceptors (Lipinski definition) is 3. The van der Waals surface area contributed by atoms with Crippen LogP contribution in [-0.4, -0.2) is 57.6 Å². The first-order valence-electron chi connectivity index (χ1n) is 9.52. The van der Waals surface area contributed by atoms with Crippen molar-refractivity contribution >= 4 is 11.8 Å². The van der Waals surface area contributed by atoms with Crippen LogP contribution in [0, 0.1) is 5.92 Å². The van der Waals surface area contributed by atoms with E-state index in [4.69, 9.17) is 0 Å². The van der Waals surface area contributed by atoms with Crippen LogP contribution in [0.15, 0.2) is 18.2 Å². The Morgan fingerprint density at radius 3 is 2.52 bits per heavy atom. The van der Waals surface area contributed by atoms with E-state index in [2.05, 4.69) is 17.3 Å². The zero-order valence-electron chi connectivity index (χ0n) is 14.7. The van der Waals surface area contributed by atoms with E-state index in [0.717, 1.165) is 38.6 Å². The molecule has 6 nitrogen and oxygen atoms in total. The molecule has 0 saturated carbocycles. The first kappa shape index (κ1) is 16.4. The number of aromatic nitrogens is 2. The summed E-state index contributed by atoms with van der Waals surface area (Å²) in [6, 6.07) is 1.95. The van der Waals surface area contributed by atoms with Crippen LogP contribution < -0.4 is 0 Å². The molecule has 1 fully saturated rings. The average molecular weight is 342 g/mol. The number of aryl methyl sites for hydroxylation is 2. The summed E-state index contributed by atoms with van der Waals surface area (Å²) in [6.45, 7) is 3.40. The van der Waals surface area contributed by atoms with E-state index in [1.165, 1.54) is 12.1 Å². The minimum Gasteiger partial charge on any atom is -0.339 e. The first-order chi connectivity index (χ1) is 12.2. The topological polar surface area (TPSA) is 58.4 Å². The molecule has 0 bridgehead atoms. The van der Waals surface area contributed by atoms with Gasteiger partial charge in [0.1, 0.15) is 0 Å². The fraction of sp³-hybridized carbons (Fsp3) is 0.632. The molecule has 2 aliphatic heterocycles. The van der Waals surface area contributed by atoms with Gasteiger partial charge in [0.2, 0.25) is 5.91 Å². The van der Waals surface area contributed by atoms with Gasteiger partial charge < -0.3 is 9.80 Å². The number of nitrogens with zero attached hydrogens (tertiary/aromatic N) is 4. The van der Waals surface area contributed by atoms with Gasteiger partial charge in [-0.15, -0.1) is 0 Å². The molecule has 1 saturated heterocycles. The highest BCUT2D eigenvalue weighted by Gasteiger charge is 2.30. The summed E-state index contributed by atoms with van der Waals surface area (Å²) >= 11 is 0. The normalized spacial score (nSPS) is 23.4. The largest absolute Gasteiger partial charge is 0.339 e. The number of piperazine rings is 1. The third-order valence-corrected chi connectivity index (χ3v) is 5.63. The van der Waals surface area contributed by atoms with Crippen molar-refractivity contribution in [2.24, 2.45) is 5.92 Å². The molecule has 1 aliphatic carbocycles. The van der Waals surface area contributed by atoms with Crippen molar-refractivity contribution in [1.82, 2.24) is 19.6 Å². The molecule has 25 heavy (non-hydrogen) atoms. The van der Waals surface area contributed by atoms with Crippen molar-refractivity contribution < 1.29 is 9.59 Å². The van der Waals surface area contributed by atoms with E-state index >= 15 is 0 Å². The Morgan fingerprint density at radius 1 is 1.00 bits per heavy atom. The van der Waals surface area contributed by atoms with Crippen LogP contribution in [-0.2, 0) is 17.8 Å². The molecule has 2 amide bonds. The molecule has 0 unspecified atom stereocenters. The number of rotatable bonds is 2. The van der Waals surface area contributed by atoms with Gasteiger partial charge in [0.15, 0.2) is 5.69 Å². The summed E-state index contributed by atoms with van der Waals surface area (Å²) < 4.78 is 1.98. The zero-order chi connectivity index (χ0) is 17.2. The molecule has 134 valence electrons. The SMILES string of the molecule is O=C(c1cc2n(n1)CCCC2)N1CCN(C(=O)[C@H]2CC=CCC2)CC1. The number of fused-ring (bicyclic) bond motifs is 1. The Hall–Kier alpha value is -2.11. The molecule has 0 N–H and O–H groups in total. The van der Waals surface area contributed by atoms with Gasteiger partial charge in [0.25, 0.3) is 5.91 Å². The quantitative estimate of drug-likeness (QED) is 0.771. The highest BCUT2D eigenvalue weighted by molar-refractivity contribution is 5.92. The van der Waals surface area contributed by atoms with E-state index in [1.54, 1.807) is 0 Å². The molecule has 3 aliphatic rings. The van der Waals surface area contributed by atoms with Crippen molar-refractivity contribution in [3.63, 3.8) is 0 Å². The van der Waals surface area contributed by atoms with Gasteiger partial charge in [0, 0.05) is 44.3 Å². The third-order valence-electron chi connectivity index (χ3n) is 5.63. The maximum Gasteiger partial charge on any atom is 0.274 e. The fourth-order valence-electron chi connectivity index (χ4n) is 4.09. The Balaban J connectivity index is 1.35. The maximum absolute atomic E-state index is 12.7. The lowest BCUT2D eigenvalue weighted by Gasteiger charge is -2.36. The second-order valence-corrected chi connectivity index (χ2v) is 7.30. The molecule has 0 radical (unpaired) electrons. The number of amides is 2. The van der Waals surface area contributed by atoms with E-state index in [9.17, 15) is 9.59 Å². The maximum atomic E-state index is 12.7. The van der Waals surface area contributed by atoms with Crippen LogP contribution in [0.25, 0.3) is 0 Å². The lowest BCUT2D eigenvalue weighted by molar-refractivity contribution is -0.137. The van der Waals surface area contributed by atoms with E-state index in [0.29, 0.717) is 31.9 Å². The molecule has 1 aromatic rings. The lowest BCUT2D eigenvalue weighted by Crippen LogP contribution is -2.52. The van der Waals surface area contributed by atoms with Crippen molar-refractivity contribution in [3.8, 4) is 0 Å². The molecule has 3 heterocycles. The summed E-state index contributed by atoms with van der Waals surface area (Å²) in [5.74, 6) is 0.399. The Kier molecular flexibility index (Phi) is 4.59.